The largest absolute Gasteiger partial charge is 0.364 e. The van der Waals surface area contributed by atoms with E-state index in [1.165, 1.54) is 0 Å². The Morgan fingerprint density at radius 2 is 1.56 bits per heavy atom. The van der Waals surface area contributed by atoms with Crippen LogP contribution in [0.3, 0.4) is 0 Å². The molecule has 2 aromatic heterocycles. The van der Waals surface area contributed by atoms with Crippen molar-refractivity contribution in [1.82, 2.24) is 19.5 Å². The van der Waals surface area contributed by atoms with Crippen molar-refractivity contribution in [3.8, 4) is 11.1 Å². The second-order valence-electron chi connectivity index (χ2n) is 8.39. The Morgan fingerprint density at radius 1 is 0.812 bits per heavy atom. The lowest BCUT2D eigenvalue weighted by atomic mass is 10.1. The molecule has 2 aromatic carbocycles. The molecular weight excluding hydrogens is 400 g/mol. The number of para-hydroxylation sites is 1. The maximum Gasteiger partial charge on any atom is 0.251 e. The van der Waals surface area contributed by atoms with Gasteiger partial charge >= 0.3 is 0 Å². The molecule has 1 fully saturated rings. The number of nitrogens with zero attached hydrogens (tertiary/aromatic N) is 4. The van der Waals surface area contributed by atoms with E-state index >= 15 is 0 Å². The zero-order valence-electron chi connectivity index (χ0n) is 18.2. The Morgan fingerprint density at radius 3 is 2.41 bits per heavy atom. The van der Waals surface area contributed by atoms with Crippen molar-refractivity contribution in [2.45, 2.75) is 19.5 Å². The number of rotatable bonds is 7. The van der Waals surface area contributed by atoms with Crippen LogP contribution < -0.4 is 5.56 Å². The van der Waals surface area contributed by atoms with Crippen molar-refractivity contribution in [3.05, 3.63) is 89.0 Å². The first-order chi connectivity index (χ1) is 15.8. The van der Waals surface area contributed by atoms with Gasteiger partial charge in [-0.05, 0) is 36.0 Å². The Labute approximate surface area is 187 Å². The normalized spacial score (nSPS) is 15.4. The summed E-state index contributed by atoms with van der Waals surface area (Å²) in [7, 11) is 0. The van der Waals surface area contributed by atoms with Gasteiger partial charge in [0.15, 0.2) is 0 Å². The van der Waals surface area contributed by atoms with Gasteiger partial charge in [0.1, 0.15) is 12.0 Å². The average Bonchev–Trinajstić information content (AvgIpc) is 3.30. The molecule has 1 aliphatic rings. The van der Waals surface area contributed by atoms with Crippen LogP contribution in [0.4, 0.5) is 0 Å². The van der Waals surface area contributed by atoms with E-state index in [4.69, 9.17) is 4.52 Å². The van der Waals surface area contributed by atoms with Crippen molar-refractivity contribution >= 4 is 10.9 Å². The molecule has 1 saturated heterocycles. The average molecular weight is 429 g/mol. The van der Waals surface area contributed by atoms with Crippen molar-refractivity contribution in [2.24, 2.45) is 0 Å². The highest BCUT2D eigenvalue weighted by atomic mass is 16.5. The SMILES string of the molecule is O=c1ccc2ccccc2n1CCCN1CCN(Cc2nocc2-c2ccccc2)CC1. The molecule has 0 atom stereocenters. The number of aromatic nitrogens is 2. The molecule has 0 aliphatic carbocycles. The van der Waals surface area contributed by atoms with E-state index in [1.807, 2.05) is 47.0 Å². The van der Waals surface area contributed by atoms with Gasteiger partial charge in [0.05, 0.1) is 5.52 Å². The molecular formula is C26H28N4O2. The van der Waals surface area contributed by atoms with Gasteiger partial charge in [0.2, 0.25) is 0 Å². The van der Waals surface area contributed by atoms with Gasteiger partial charge in [-0.1, -0.05) is 53.7 Å². The number of aryl methyl sites for hydroxylation is 1. The lowest BCUT2D eigenvalue weighted by molar-refractivity contribution is 0.123. The summed E-state index contributed by atoms with van der Waals surface area (Å²) in [4.78, 5) is 17.3. The predicted octanol–water partition coefficient (Wildman–Crippen LogP) is 3.86. The van der Waals surface area contributed by atoms with E-state index in [0.29, 0.717) is 0 Å². The minimum atomic E-state index is 0.0790. The van der Waals surface area contributed by atoms with Crippen molar-refractivity contribution < 1.29 is 4.52 Å². The predicted molar refractivity (Wildman–Crippen MR) is 126 cm³/mol. The lowest BCUT2D eigenvalue weighted by Crippen LogP contribution is -2.46. The van der Waals surface area contributed by atoms with Crippen molar-refractivity contribution in [3.63, 3.8) is 0 Å². The highest BCUT2D eigenvalue weighted by molar-refractivity contribution is 5.78. The van der Waals surface area contributed by atoms with Gasteiger partial charge in [0, 0.05) is 50.9 Å². The zero-order chi connectivity index (χ0) is 21.8. The molecule has 6 nitrogen and oxygen atoms in total. The smallest absolute Gasteiger partial charge is 0.251 e. The maximum atomic E-state index is 12.4. The lowest BCUT2D eigenvalue weighted by Gasteiger charge is -2.34. The molecule has 5 rings (SSSR count). The summed E-state index contributed by atoms with van der Waals surface area (Å²) in [6.45, 7) is 6.64. The molecule has 4 aromatic rings. The molecule has 164 valence electrons. The molecule has 1 aliphatic heterocycles. The first kappa shape index (κ1) is 20.7. The first-order valence-corrected chi connectivity index (χ1v) is 11.3. The number of hydrogen-bond acceptors (Lipinski definition) is 5. The Bertz CT molecular complexity index is 1220. The van der Waals surface area contributed by atoms with Gasteiger partial charge in [-0.2, -0.15) is 0 Å². The van der Waals surface area contributed by atoms with Crippen LogP contribution in [0.25, 0.3) is 22.0 Å². The summed E-state index contributed by atoms with van der Waals surface area (Å²) in [6.07, 6.45) is 2.71. The second-order valence-corrected chi connectivity index (χ2v) is 8.39. The van der Waals surface area contributed by atoms with Crippen LogP contribution in [0.5, 0.6) is 0 Å². The highest BCUT2D eigenvalue weighted by Gasteiger charge is 2.20. The van der Waals surface area contributed by atoms with Gasteiger partial charge in [-0.3, -0.25) is 9.69 Å². The topological polar surface area (TPSA) is 54.5 Å². The van der Waals surface area contributed by atoms with Gasteiger partial charge < -0.3 is 14.0 Å². The van der Waals surface area contributed by atoms with E-state index in [9.17, 15) is 4.79 Å². The molecule has 0 spiro atoms. The molecule has 0 N–H and O–H groups in total. The van der Waals surface area contributed by atoms with Crippen LogP contribution in [0.15, 0.2) is 82.3 Å². The number of fused-ring (bicyclic) bond motifs is 1. The number of hydrogen-bond donors (Lipinski definition) is 0. The molecule has 0 radical (unpaired) electrons. The first-order valence-electron chi connectivity index (χ1n) is 11.3. The Balaban J connectivity index is 1.13. The number of piperazine rings is 1. The molecule has 32 heavy (non-hydrogen) atoms. The third-order valence-electron chi connectivity index (χ3n) is 6.32. The third-order valence-corrected chi connectivity index (χ3v) is 6.32. The summed E-state index contributed by atoms with van der Waals surface area (Å²) >= 11 is 0. The van der Waals surface area contributed by atoms with Crippen molar-refractivity contribution in [2.75, 3.05) is 32.7 Å². The quantitative estimate of drug-likeness (QED) is 0.447. The second kappa shape index (κ2) is 9.51. The highest BCUT2D eigenvalue weighted by Crippen LogP contribution is 2.24. The minimum Gasteiger partial charge on any atom is -0.364 e. The van der Waals surface area contributed by atoms with Gasteiger partial charge in [-0.25, -0.2) is 0 Å². The van der Waals surface area contributed by atoms with E-state index in [1.54, 1.807) is 12.3 Å². The van der Waals surface area contributed by atoms with Crippen LogP contribution in [-0.4, -0.2) is 52.2 Å². The molecule has 3 heterocycles. The fourth-order valence-corrected chi connectivity index (χ4v) is 4.54. The van der Waals surface area contributed by atoms with Gasteiger partial charge in [-0.15, -0.1) is 0 Å². The van der Waals surface area contributed by atoms with Crippen molar-refractivity contribution in [1.29, 1.82) is 0 Å². The standard InChI is InChI=1S/C26H28N4O2/c31-26-12-11-22-9-4-5-10-25(22)30(26)14-6-13-28-15-17-29(18-16-28)19-24-23(20-32-27-24)21-7-2-1-3-8-21/h1-5,7-12,20H,6,13-19H2. The van der Waals surface area contributed by atoms with Crippen LogP contribution in [0.2, 0.25) is 0 Å². The Hall–Kier alpha value is -3.22. The molecule has 0 unspecified atom stereocenters. The number of pyridine rings is 1. The van der Waals surface area contributed by atoms with Crippen LogP contribution in [0.1, 0.15) is 12.1 Å². The molecule has 0 bridgehead atoms. The summed E-state index contributed by atoms with van der Waals surface area (Å²) in [5, 5.41) is 5.37. The molecule has 0 saturated carbocycles. The maximum absolute atomic E-state index is 12.4. The fraction of sp³-hybridized carbons (Fsp3) is 0.308. The van der Waals surface area contributed by atoms with Gasteiger partial charge in [0.25, 0.3) is 5.56 Å². The monoisotopic (exact) mass is 428 g/mol. The van der Waals surface area contributed by atoms with E-state index in [2.05, 4.69) is 33.2 Å². The molecule has 6 heteroatoms. The van der Waals surface area contributed by atoms with Crippen LogP contribution in [0, 0.1) is 0 Å². The number of benzene rings is 2. The zero-order valence-corrected chi connectivity index (χ0v) is 18.2. The van der Waals surface area contributed by atoms with E-state index in [-0.39, 0.29) is 5.56 Å². The fourth-order valence-electron chi connectivity index (χ4n) is 4.54. The van der Waals surface area contributed by atoms with E-state index < -0.39 is 0 Å². The molecule has 0 amide bonds. The third kappa shape index (κ3) is 4.52. The Kier molecular flexibility index (Phi) is 6.14. The summed E-state index contributed by atoms with van der Waals surface area (Å²) in [6, 6.07) is 22.0. The summed E-state index contributed by atoms with van der Waals surface area (Å²) in [5.74, 6) is 0. The summed E-state index contributed by atoms with van der Waals surface area (Å²) in [5.41, 5.74) is 4.32. The van der Waals surface area contributed by atoms with Crippen LogP contribution in [-0.2, 0) is 13.1 Å². The van der Waals surface area contributed by atoms with E-state index in [0.717, 1.165) is 80.0 Å². The summed E-state index contributed by atoms with van der Waals surface area (Å²) < 4.78 is 7.19. The minimum absolute atomic E-state index is 0.0790. The van der Waals surface area contributed by atoms with Crippen LogP contribution >= 0.6 is 0 Å².